The second-order valence-electron chi connectivity index (χ2n) is 1.88. The summed E-state index contributed by atoms with van der Waals surface area (Å²) < 4.78 is 33.6. The summed E-state index contributed by atoms with van der Waals surface area (Å²) in [5, 5.41) is 0. The molecule has 0 aliphatic rings. The zero-order chi connectivity index (χ0) is 8.43. The van der Waals surface area contributed by atoms with Crippen LogP contribution in [0.1, 0.15) is 0 Å². The van der Waals surface area contributed by atoms with Gasteiger partial charge < -0.3 is 0 Å². The number of thiol groups is 1. The molecule has 60 valence electrons. The minimum absolute atomic E-state index is 0.0214. The van der Waals surface area contributed by atoms with E-state index in [9.17, 15) is 12.8 Å². The van der Waals surface area contributed by atoms with Crippen LogP contribution < -0.4 is 0 Å². The van der Waals surface area contributed by atoms with Gasteiger partial charge >= 0.3 is 0 Å². The largest absolute Gasteiger partial charge is 0.227 e. The first kappa shape index (κ1) is 8.67. The fourth-order valence-corrected chi connectivity index (χ4v) is 1.76. The first-order chi connectivity index (χ1) is 5.09. The van der Waals surface area contributed by atoms with Crippen molar-refractivity contribution in [2.45, 2.75) is 4.90 Å². The summed E-state index contributed by atoms with van der Waals surface area (Å²) in [5.41, 5.74) is 0. The molecule has 0 saturated heterocycles. The molecule has 0 amide bonds. The monoisotopic (exact) mass is 238 g/mol. The fraction of sp³-hybridized carbons (Fsp3) is 0. The topological polar surface area (TPSA) is 34.1 Å². The van der Waals surface area contributed by atoms with Crippen LogP contribution in [0.5, 0.6) is 0 Å². The van der Waals surface area contributed by atoms with E-state index in [0.717, 1.165) is 6.07 Å². The van der Waals surface area contributed by atoms with Gasteiger partial charge in [0.2, 0.25) is 0 Å². The summed E-state index contributed by atoms with van der Waals surface area (Å²) in [6.07, 6.45) is 0. The number of halogens is 2. The second-order valence-corrected chi connectivity index (χ2v) is 3.83. The molecule has 0 saturated carbocycles. The van der Waals surface area contributed by atoms with Crippen molar-refractivity contribution in [3.05, 3.63) is 28.5 Å². The van der Waals surface area contributed by atoms with Gasteiger partial charge in [0.1, 0.15) is 5.82 Å². The van der Waals surface area contributed by atoms with Crippen LogP contribution in [0.2, 0.25) is 0 Å². The molecule has 0 heterocycles. The van der Waals surface area contributed by atoms with E-state index in [1.807, 2.05) is 0 Å². The van der Waals surface area contributed by atoms with Gasteiger partial charge in [0.15, 0.2) is 10.7 Å². The van der Waals surface area contributed by atoms with E-state index < -0.39 is 16.5 Å². The summed E-state index contributed by atoms with van der Waals surface area (Å²) in [6, 6.07) is 3.51. The van der Waals surface area contributed by atoms with E-state index >= 15 is 0 Å². The van der Waals surface area contributed by atoms with Crippen molar-refractivity contribution in [1.82, 2.24) is 0 Å². The molecule has 0 spiro atoms. The van der Waals surface area contributed by atoms with Gasteiger partial charge in [0.25, 0.3) is 0 Å². The highest BCUT2D eigenvalue weighted by Crippen LogP contribution is 2.15. The molecule has 0 aliphatic heterocycles. The number of hydrogen-bond acceptors (Lipinski definition) is 2. The standard InChI is InChI=1S/C6H4BrFO2S/c7-4-1-5(8)3-6(2-4)11(9)10/h1-3,11H. The van der Waals surface area contributed by atoms with E-state index in [-0.39, 0.29) is 4.90 Å². The Balaban J connectivity index is 3.29. The van der Waals surface area contributed by atoms with E-state index in [1.165, 1.54) is 12.1 Å². The molecule has 1 aromatic carbocycles. The molecular weight excluding hydrogens is 235 g/mol. The number of rotatable bonds is 1. The summed E-state index contributed by atoms with van der Waals surface area (Å²) in [4.78, 5) is -0.0214. The van der Waals surface area contributed by atoms with Crippen molar-refractivity contribution in [2.75, 3.05) is 0 Å². The second kappa shape index (κ2) is 3.32. The first-order valence-electron chi connectivity index (χ1n) is 2.70. The van der Waals surface area contributed by atoms with Crippen LogP contribution >= 0.6 is 15.9 Å². The van der Waals surface area contributed by atoms with Crippen molar-refractivity contribution in [3.63, 3.8) is 0 Å². The number of benzene rings is 1. The molecular formula is C6H4BrFO2S. The SMILES string of the molecule is O=[SH](=O)c1cc(F)cc(Br)c1. The van der Waals surface area contributed by atoms with Gasteiger partial charge in [-0.15, -0.1) is 0 Å². The van der Waals surface area contributed by atoms with Gasteiger partial charge in [-0.1, -0.05) is 15.9 Å². The fourth-order valence-electron chi connectivity index (χ4n) is 0.645. The van der Waals surface area contributed by atoms with Gasteiger partial charge in [0.05, 0.1) is 4.90 Å². The lowest BCUT2D eigenvalue weighted by Crippen LogP contribution is -1.82. The third-order valence-electron chi connectivity index (χ3n) is 1.06. The third kappa shape index (κ3) is 2.27. The van der Waals surface area contributed by atoms with Crippen LogP contribution in [-0.2, 0) is 10.7 Å². The molecule has 0 N–H and O–H groups in total. The minimum Gasteiger partial charge on any atom is -0.227 e. The van der Waals surface area contributed by atoms with Crippen LogP contribution in [0.4, 0.5) is 4.39 Å². The molecule has 5 heteroatoms. The summed E-state index contributed by atoms with van der Waals surface area (Å²) >= 11 is 2.97. The average molecular weight is 239 g/mol. The van der Waals surface area contributed by atoms with Crippen LogP contribution in [-0.4, -0.2) is 8.42 Å². The highest BCUT2D eigenvalue weighted by molar-refractivity contribution is 9.10. The first-order valence-corrected chi connectivity index (χ1v) is 4.67. The maximum atomic E-state index is 12.5. The molecule has 2 nitrogen and oxygen atoms in total. The minimum atomic E-state index is -2.70. The molecule has 0 bridgehead atoms. The van der Waals surface area contributed by atoms with Crippen LogP contribution in [0.25, 0.3) is 0 Å². The maximum absolute atomic E-state index is 12.5. The highest BCUT2D eigenvalue weighted by atomic mass is 79.9. The molecule has 11 heavy (non-hydrogen) atoms. The molecule has 0 unspecified atom stereocenters. The molecule has 0 atom stereocenters. The molecule has 1 rings (SSSR count). The molecule has 1 aromatic rings. The van der Waals surface area contributed by atoms with Gasteiger partial charge in [-0.2, -0.15) is 0 Å². The molecule has 0 aromatic heterocycles. The third-order valence-corrected chi connectivity index (χ3v) is 2.20. The van der Waals surface area contributed by atoms with E-state index in [0.29, 0.717) is 4.47 Å². The Hall–Kier alpha value is -0.420. The summed E-state index contributed by atoms with van der Waals surface area (Å²) in [6.45, 7) is 0. The van der Waals surface area contributed by atoms with E-state index in [4.69, 9.17) is 0 Å². The quantitative estimate of drug-likeness (QED) is 0.754. The van der Waals surface area contributed by atoms with E-state index in [2.05, 4.69) is 15.9 Å². The lowest BCUT2D eigenvalue weighted by atomic mass is 10.3. The van der Waals surface area contributed by atoms with Crippen molar-refractivity contribution in [2.24, 2.45) is 0 Å². The van der Waals surface area contributed by atoms with Crippen LogP contribution in [0.15, 0.2) is 27.6 Å². The molecule has 0 radical (unpaired) electrons. The molecule has 0 fully saturated rings. The smallest absolute Gasteiger partial charge is 0.168 e. The summed E-state index contributed by atoms with van der Waals surface area (Å²) in [7, 11) is -2.70. The van der Waals surface area contributed by atoms with Crippen molar-refractivity contribution in [1.29, 1.82) is 0 Å². The lowest BCUT2D eigenvalue weighted by molar-refractivity contribution is 0.605. The predicted octanol–water partition coefficient (Wildman–Crippen LogP) is 1.56. The lowest BCUT2D eigenvalue weighted by Gasteiger charge is -1.92. The Bertz CT molecular complexity index is 320. The van der Waals surface area contributed by atoms with Gasteiger partial charge in [-0.25, -0.2) is 12.8 Å². The maximum Gasteiger partial charge on any atom is 0.168 e. The Labute approximate surface area is 73.1 Å². The Morgan fingerprint density at radius 2 is 1.91 bits per heavy atom. The predicted molar refractivity (Wildman–Crippen MR) is 42.7 cm³/mol. The Morgan fingerprint density at radius 1 is 1.27 bits per heavy atom. The number of hydrogen-bond donors (Lipinski definition) is 1. The van der Waals surface area contributed by atoms with Crippen molar-refractivity contribution in [3.8, 4) is 0 Å². The average Bonchev–Trinajstić information content (AvgIpc) is 1.85. The van der Waals surface area contributed by atoms with Gasteiger partial charge in [0, 0.05) is 4.47 Å². The van der Waals surface area contributed by atoms with Crippen molar-refractivity contribution < 1.29 is 12.8 Å². The Kier molecular flexibility index (Phi) is 2.62. The van der Waals surface area contributed by atoms with Crippen LogP contribution in [0, 0.1) is 5.82 Å². The Morgan fingerprint density at radius 3 is 2.36 bits per heavy atom. The zero-order valence-electron chi connectivity index (χ0n) is 5.25. The van der Waals surface area contributed by atoms with E-state index in [1.54, 1.807) is 0 Å². The highest BCUT2D eigenvalue weighted by Gasteiger charge is 1.99. The zero-order valence-corrected chi connectivity index (χ0v) is 7.73. The molecule has 0 aliphatic carbocycles. The normalized spacial score (nSPS) is 10.5. The summed E-state index contributed by atoms with van der Waals surface area (Å²) in [5.74, 6) is -0.562. The van der Waals surface area contributed by atoms with Gasteiger partial charge in [-0.3, -0.25) is 0 Å². The van der Waals surface area contributed by atoms with Crippen LogP contribution in [0.3, 0.4) is 0 Å². The van der Waals surface area contributed by atoms with Crippen molar-refractivity contribution >= 4 is 26.6 Å². The van der Waals surface area contributed by atoms with Gasteiger partial charge in [-0.05, 0) is 18.2 Å².